The minimum Gasteiger partial charge on any atom is -0.495 e. The molecule has 1 heterocycles. The Balaban J connectivity index is 1.55. The molecule has 34 heavy (non-hydrogen) atoms. The second-order valence-electron chi connectivity index (χ2n) is 7.28. The van der Waals surface area contributed by atoms with Crippen LogP contribution in [0.15, 0.2) is 54.7 Å². The SMILES string of the molecule is COc1cc(Cl)c(C)cc1NC(=O)NCc1ccc(Oc2ccnc(C(=O)NCCN)c2)cc1. The lowest BCUT2D eigenvalue weighted by atomic mass is 10.2. The molecule has 3 amide bonds. The molecule has 2 aromatic carbocycles. The molecule has 0 spiro atoms. The Hall–Kier alpha value is -3.82. The zero-order chi connectivity index (χ0) is 24.5. The number of methoxy groups -OCH3 is 1. The minimum atomic E-state index is -0.377. The first-order chi connectivity index (χ1) is 16.4. The first-order valence-corrected chi connectivity index (χ1v) is 10.9. The molecule has 0 bridgehead atoms. The van der Waals surface area contributed by atoms with Crippen LogP contribution in [0.4, 0.5) is 10.5 Å². The Morgan fingerprint density at radius 1 is 1.06 bits per heavy atom. The summed E-state index contributed by atoms with van der Waals surface area (Å²) in [5, 5.41) is 8.79. The largest absolute Gasteiger partial charge is 0.495 e. The number of carbonyl (C=O) groups is 2. The highest BCUT2D eigenvalue weighted by atomic mass is 35.5. The van der Waals surface area contributed by atoms with Crippen LogP contribution >= 0.6 is 11.6 Å². The van der Waals surface area contributed by atoms with Crippen molar-refractivity contribution in [3.63, 3.8) is 0 Å². The number of carbonyl (C=O) groups excluding carboxylic acids is 2. The van der Waals surface area contributed by atoms with E-state index in [9.17, 15) is 9.59 Å². The molecule has 3 rings (SSSR count). The molecule has 1 aromatic heterocycles. The normalized spacial score (nSPS) is 10.4. The van der Waals surface area contributed by atoms with Gasteiger partial charge in [0.2, 0.25) is 0 Å². The second-order valence-corrected chi connectivity index (χ2v) is 7.68. The maximum Gasteiger partial charge on any atom is 0.319 e. The maximum absolute atomic E-state index is 12.3. The standard InChI is InChI=1S/C24H26ClN5O4/c1-15-11-20(22(33-2)13-19(15)25)30-24(32)29-14-16-3-5-17(6-4-16)34-18-7-9-27-21(12-18)23(31)28-10-8-26/h3-7,9,11-13H,8,10,14,26H2,1-2H3,(H,28,31)(H2,29,30,32). The van der Waals surface area contributed by atoms with Gasteiger partial charge in [-0.1, -0.05) is 23.7 Å². The summed E-state index contributed by atoms with van der Waals surface area (Å²) in [6.45, 7) is 2.87. The van der Waals surface area contributed by atoms with Crippen molar-refractivity contribution in [3.05, 3.63) is 76.6 Å². The molecule has 0 aliphatic heterocycles. The van der Waals surface area contributed by atoms with Gasteiger partial charge < -0.3 is 31.2 Å². The molecule has 0 radical (unpaired) electrons. The lowest BCUT2D eigenvalue weighted by Gasteiger charge is -2.13. The molecular weight excluding hydrogens is 458 g/mol. The van der Waals surface area contributed by atoms with Crippen molar-refractivity contribution in [1.82, 2.24) is 15.6 Å². The summed E-state index contributed by atoms with van der Waals surface area (Å²) in [4.78, 5) is 28.4. The van der Waals surface area contributed by atoms with Crippen molar-refractivity contribution in [2.75, 3.05) is 25.5 Å². The van der Waals surface area contributed by atoms with Crippen molar-refractivity contribution in [3.8, 4) is 17.2 Å². The van der Waals surface area contributed by atoms with Gasteiger partial charge in [-0.05, 0) is 42.3 Å². The molecule has 0 fully saturated rings. The fourth-order valence-electron chi connectivity index (χ4n) is 2.97. The van der Waals surface area contributed by atoms with Crippen LogP contribution in [0.3, 0.4) is 0 Å². The third-order valence-electron chi connectivity index (χ3n) is 4.74. The van der Waals surface area contributed by atoms with E-state index < -0.39 is 0 Å². The lowest BCUT2D eigenvalue weighted by molar-refractivity contribution is 0.0949. The summed E-state index contributed by atoms with van der Waals surface area (Å²) >= 11 is 6.10. The second kappa shape index (κ2) is 11.9. The summed E-state index contributed by atoms with van der Waals surface area (Å²) in [6.07, 6.45) is 1.50. The number of hydrogen-bond donors (Lipinski definition) is 4. The number of aryl methyl sites for hydroxylation is 1. The van der Waals surface area contributed by atoms with Gasteiger partial charge >= 0.3 is 6.03 Å². The third kappa shape index (κ3) is 6.84. The molecule has 0 atom stereocenters. The van der Waals surface area contributed by atoms with Crippen molar-refractivity contribution in [2.45, 2.75) is 13.5 Å². The predicted molar refractivity (Wildman–Crippen MR) is 131 cm³/mol. The molecule has 9 nitrogen and oxygen atoms in total. The zero-order valence-electron chi connectivity index (χ0n) is 18.9. The average Bonchev–Trinajstić information content (AvgIpc) is 2.84. The van der Waals surface area contributed by atoms with Crippen molar-refractivity contribution in [1.29, 1.82) is 0 Å². The van der Waals surface area contributed by atoms with Gasteiger partial charge in [-0.15, -0.1) is 0 Å². The number of pyridine rings is 1. The average molecular weight is 484 g/mol. The zero-order valence-corrected chi connectivity index (χ0v) is 19.6. The van der Waals surface area contributed by atoms with Gasteiger partial charge in [-0.25, -0.2) is 4.79 Å². The number of rotatable bonds is 9. The van der Waals surface area contributed by atoms with E-state index in [2.05, 4.69) is 20.9 Å². The van der Waals surface area contributed by atoms with Crippen molar-refractivity contribution in [2.24, 2.45) is 5.73 Å². The summed E-state index contributed by atoms with van der Waals surface area (Å²) in [5.41, 5.74) is 7.86. The number of hydrogen-bond acceptors (Lipinski definition) is 6. The molecule has 0 saturated heterocycles. The van der Waals surface area contributed by atoms with E-state index in [1.165, 1.54) is 13.3 Å². The Labute approximate surface area is 202 Å². The van der Waals surface area contributed by atoms with Crippen molar-refractivity contribution >= 4 is 29.2 Å². The number of benzene rings is 2. The van der Waals surface area contributed by atoms with Gasteiger partial charge in [0.05, 0.1) is 12.8 Å². The van der Waals surface area contributed by atoms with Crippen LogP contribution in [-0.4, -0.2) is 37.1 Å². The molecule has 10 heteroatoms. The van der Waals surface area contributed by atoms with Gasteiger partial charge in [-0.2, -0.15) is 0 Å². The molecule has 3 aromatic rings. The Morgan fingerprint density at radius 2 is 1.82 bits per heavy atom. The number of urea groups is 1. The third-order valence-corrected chi connectivity index (χ3v) is 5.14. The number of nitrogens with two attached hydrogens (primary N) is 1. The van der Waals surface area contributed by atoms with Crippen molar-refractivity contribution < 1.29 is 19.1 Å². The van der Waals surface area contributed by atoms with Crippen LogP contribution in [0.1, 0.15) is 21.6 Å². The van der Waals surface area contributed by atoms with Crippen LogP contribution in [0, 0.1) is 6.92 Å². The number of halogens is 1. The fraction of sp³-hybridized carbons (Fsp3) is 0.208. The summed E-state index contributed by atoms with van der Waals surface area (Å²) in [5.74, 6) is 1.21. The molecule has 0 aliphatic carbocycles. The van der Waals surface area contributed by atoms with E-state index in [0.29, 0.717) is 47.6 Å². The van der Waals surface area contributed by atoms with E-state index in [-0.39, 0.29) is 17.6 Å². The molecule has 0 aliphatic rings. The summed E-state index contributed by atoms with van der Waals surface area (Å²) < 4.78 is 11.1. The number of nitrogens with one attached hydrogen (secondary N) is 3. The first-order valence-electron chi connectivity index (χ1n) is 10.5. The topological polar surface area (TPSA) is 128 Å². The van der Waals surface area contributed by atoms with E-state index in [1.54, 1.807) is 36.4 Å². The predicted octanol–water partition coefficient (Wildman–Crippen LogP) is 3.85. The highest BCUT2D eigenvalue weighted by Crippen LogP contribution is 2.30. The number of amides is 3. The maximum atomic E-state index is 12.3. The number of anilines is 1. The molecule has 0 unspecified atom stereocenters. The van der Waals surface area contributed by atoms with Crippen LogP contribution in [0.2, 0.25) is 5.02 Å². The molecule has 0 saturated carbocycles. The monoisotopic (exact) mass is 483 g/mol. The van der Waals surface area contributed by atoms with E-state index >= 15 is 0 Å². The fourth-order valence-corrected chi connectivity index (χ4v) is 3.12. The molecule has 5 N–H and O–H groups in total. The van der Waals surface area contributed by atoms with Gasteiger partial charge in [0.25, 0.3) is 5.91 Å². The van der Waals surface area contributed by atoms with E-state index in [1.807, 2.05) is 19.1 Å². The summed E-state index contributed by atoms with van der Waals surface area (Å²) in [7, 11) is 1.51. The highest BCUT2D eigenvalue weighted by Gasteiger charge is 2.11. The molecular formula is C24H26ClN5O4. The Kier molecular flexibility index (Phi) is 8.66. The lowest BCUT2D eigenvalue weighted by Crippen LogP contribution is -2.29. The van der Waals surface area contributed by atoms with Crippen LogP contribution in [-0.2, 0) is 6.54 Å². The molecule has 178 valence electrons. The van der Waals surface area contributed by atoms with Gasteiger partial charge in [0.1, 0.15) is 22.9 Å². The van der Waals surface area contributed by atoms with Gasteiger partial charge in [0, 0.05) is 43.0 Å². The number of nitrogens with zero attached hydrogens (tertiary/aromatic N) is 1. The Bertz CT molecular complexity index is 1150. The highest BCUT2D eigenvalue weighted by molar-refractivity contribution is 6.31. The smallest absolute Gasteiger partial charge is 0.319 e. The van der Waals surface area contributed by atoms with Gasteiger partial charge in [-0.3, -0.25) is 9.78 Å². The van der Waals surface area contributed by atoms with Gasteiger partial charge in [0.15, 0.2) is 0 Å². The Morgan fingerprint density at radius 3 is 2.53 bits per heavy atom. The quantitative estimate of drug-likeness (QED) is 0.366. The number of ether oxygens (including phenoxy) is 2. The summed E-state index contributed by atoms with van der Waals surface area (Å²) in [6, 6.07) is 13.5. The minimum absolute atomic E-state index is 0.241. The first kappa shape index (κ1) is 24.8. The van der Waals surface area contributed by atoms with Crippen LogP contribution in [0.25, 0.3) is 0 Å². The number of aromatic nitrogens is 1. The van der Waals surface area contributed by atoms with Crippen LogP contribution < -0.4 is 31.2 Å². The van der Waals surface area contributed by atoms with E-state index in [0.717, 1.165) is 11.1 Å². The van der Waals surface area contributed by atoms with E-state index in [4.69, 9.17) is 26.8 Å². The van der Waals surface area contributed by atoms with Crippen LogP contribution in [0.5, 0.6) is 17.2 Å².